The summed E-state index contributed by atoms with van der Waals surface area (Å²) in [5.41, 5.74) is 1.18. The molecule has 2 saturated heterocycles. The van der Waals surface area contributed by atoms with Crippen LogP contribution < -0.4 is 20.3 Å². The van der Waals surface area contributed by atoms with E-state index in [1.54, 1.807) is 7.11 Å². The zero-order chi connectivity index (χ0) is 19.8. The van der Waals surface area contributed by atoms with Gasteiger partial charge in [0, 0.05) is 32.2 Å². The van der Waals surface area contributed by atoms with E-state index < -0.39 is 0 Å². The fraction of sp³-hybridized carbons (Fsp3) is 0.682. The second-order valence-electron chi connectivity index (χ2n) is 8.04. The Bertz CT molecular complexity index is 627. The summed E-state index contributed by atoms with van der Waals surface area (Å²) >= 11 is 0. The van der Waals surface area contributed by atoms with Gasteiger partial charge in [-0.25, -0.2) is 0 Å². The number of methoxy groups -OCH3 is 1. The molecular weight excluding hydrogens is 350 g/mol. The number of likely N-dealkylation sites (tertiary alicyclic amines) is 1. The molecule has 0 bridgehead atoms. The largest absolute Gasteiger partial charge is 0.495 e. The molecule has 6 heteroatoms. The molecule has 2 aliphatic rings. The average molecular weight is 388 g/mol. The van der Waals surface area contributed by atoms with Gasteiger partial charge in [-0.15, -0.1) is 0 Å². The second-order valence-corrected chi connectivity index (χ2v) is 8.04. The van der Waals surface area contributed by atoms with Crippen LogP contribution in [0.25, 0.3) is 0 Å². The van der Waals surface area contributed by atoms with Crippen molar-refractivity contribution in [3.05, 3.63) is 24.3 Å². The highest BCUT2D eigenvalue weighted by Crippen LogP contribution is 2.30. The summed E-state index contributed by atoms with van der Waals surface area (Å²) in [5, 5.41) is 7.07. The molecule has 156 valence electrons. The number of rotatable bonds is 7. The van der Waals surface area contributed by atoms with Gasteiger partial charge in [-0.2, -0.15) is 0 Å². The molecule has 0 aliphatic carbocycles. The maximum atomic E-state index is 5.53. The van der Waals surface area contributed by atoms with Crippen molar-refractivity contribution in [2.75, 3.05) is 58.3 Å². The molecule has 0 radical (unpaired) electrons. The van der Waals surface area contributed by atoms with Gasteiger partial charge in [0.1, 0.15) is 5.75 Å². The lowest BCUT2D eigenvalue weighted by Gasteiger charge is -2.28. The Balaban J connectivity index is 1.50. The molecule has 0 aromatic heterocycles. The number of ether oxygens (including phenoxy) is 1. The first-order valence-corrected chi connectivity index (χ1v) is 10.8. The minimum Gasteiger partial charge on any atom is -0.495 e. The van der Waals surface area contributed by atoms with E-state index >= 15 is 0 Å². The molecule has 2 heterocycles. The van der Waals surface area contributed by atoms with Crippen molar-refractivity contribution >= 4 is 11.6 Å². The lowest BCUT2D eigenvalue weighted by Crippen LogP contribution is -2.44. The Labute approximate surface area is 170 Å². The number of nitrogens with one attached hydrogen (secondary N) is 2. The van der Waals surface area contributed by atoms with Crippen molar-refractivity contribution < 1.29 is 4.74 Å². The van der Waals surface area contributed by atoms with Gasteiger partial charge >= 0.3 is 0 Å². The Morgan fingerprint density at radius 1 is 1.18 bits per heavy atom. The predicted octanol–water partition coefficient (Wildman–Crippen LogP) is 2.56. The van der Waals surface area contributed by atoms with Crippen LogP contribution in [0.4, 0.5) is 5.69 Å². The van der Waals surface area contributed by atoms with Crippen LogP contribution in [0.15, 0.2) is 29.3 Å². The Kier molecular flexibility index (Phi) is 7.83. The number of guanidine groups is 1. The van der Waals surface area contributed by atoms with Crippen LogP contribution in [0.5, 0.6) is 5.75 Å². The van der Waals surface area contributed by atoms with E-state index in [-0.39, 0.29) is 0 Å². The maximum absolute atomic E-state index is 5.53. The number of hydrogen-bond acceptors (Lipinski definition) is 4. The van der Waals surface area contributed by atoms with Crippen LogP contribution in [0, 0.1) is 5.92 Å². The van der Waals surface area contributed by atoms with E-state index in [4.69, 9.17) is 9.73 Å². The van der Waals surface area contributed by atoms with Crippen LogP contribution in [-0.2, 0) is 0 Å². The minimum atomic E-state index is 0.408. The molecule has 2 aliphatic heterocycles. The molecule has 6 nitrogen and oxygen atoms in total. The van der Waals surface area contributed by atoms with Crippen molar-refractivity contribution in [3.63, 3.8) is 0 Å². The number of anilines is 1. The first-order valence-electron chi connectivity index (χ1n) is 10.8. The third kappa shape index (κ3) is 5.77. The molecular formula is C22H37N5O. The summed E-state index contributed by atoms with van der Waals surface area (Å²) in [7, 11) is 3.96. The van der Waals surface area contributed by atoms with Crippen LogP contribution in [-0.4, -0.2) is 70.3 Å². The fourth-order valence-corrected chi connectivity index (χ4v) is 4.21. The van der Waals surface area contributed by atoms with E-state index in [0.29, 0.717) is 6.04 Å². The number of aliphatic imine (C=N–C) groups is 1. The molecule has 2 fully saturated rings. The monoisotopic (exact) mass is 387 g/mol. The molecule has 1 atom stereocenters. The van der Waals surface area contributed by atoms with Crippen LogP contribution in [0.3, 0.4) is 0 Å². The van der Waals surface area contributed by atoms with Gasteiger partial charge in [-0.05, 0) is 70.8 Å². The van der Waals surface area contributed by atoms with E-state index in [9.17, 15) is 0 Å². The van der Waals surface area contributed by atoms with Crippen molar-refractivity contribution in [2.45, 2.75) is 38.6 Å². The summed E-state index contributed by atoms with van der Waals surface area (Å²) in [6.07, 6.45) is 4.93. The highest BCUT2D eigenvalue weighted by atomic mass is 16.5. The fourth-order valence-electron chi connectivity index (χ4n) is 4.21. The zero-order valence-corrected chi connectivity index (χ0v) is 17.8. The quantitative estimate of drug-likeness (QED) is 0.556. The third-order valence-electron chi connectivity index (χ3n) is 5.94. The number of benzene rings is 1. The predicted molar refractivity (Wildman–Crippen MR) is 118 cm³/mol. The Morgan fingerprint density at radius 3 is 2.71 bits per heavy atom. The first-order chi connectivity index (χ1) is 13.7. The first kappa shape index (κ1) is 20.8. The highest BCUT2D eigenvalue weighted by molar-refractivity contribution is 5.80. The van der Waals surface area contributed by atoms with Crippen LogP contribution in [0.2, 0.25) is 0 Å². The van der Waals surface area contributed by atoms with E-state index in [0.717, 1.165) is 50.2 Å². The standard InChI is InChI=1S/C22H37N5O/c1-4-23-22(24-13-9-18-10-14-26(2)15-11-18)25-19-12-16-27(17-19)20-7-5-6-8-21(20)28-3/h5-8,18-19H,4,9-17H2,1-3H3,(H2,23,24,25). The lowest BCUT2D eigenvalue weighted by molar-refractivity contribution is 0.214. The Morgan fingerprint density at radius 2 is 1.96 bits per heavy atom. The zero-order valence-electron chi connectivity index (χ0n) is 17.8. The molecule has 1 aromatic carbocycles. The maximum Gasteiger partial charge on any atom is 0.191 e. The second kappa shape index (κ2) is 10.6. The van der Waals surface area contributed by atoms with Gasteiger partial charge < -0.3 is 25.2 Å². The van der Waals surface area contributed by atoms with Gasteiger partial charge in [0.25, 0.3) is 0 Å². The van der Waals surface area contributed by atoms with Gasteiger partial charge in [0.05, 0.1) is 12.8 Å². The summed E-state index contributed by atoms with van der Waals surface area (Å²) in [5.74, 6) is 2.74. The molecule has 28 heavy (non-hydrogen) atoms. The number of para-hydroxylation sites is 2. The van der Waals surface area contributed by atoms with Gasteiger partial charge in [0.15, 0.2) is 5.96 Å². The Hall–Kier alpha value is -1.95. The van der Waals surface area contributed by atoms with Crippen molar-refractivity contribution in [2.24, 2.45) is 10.9 Å². The summed E-state index contributed by atoms with van der Waals surface area (Å²) in [6, 6.07) is 8.68. The molecule has 3 rings (SSSR count). The SMILES string of the molecule is CCNC(=NCCC1CCN(C)CC1)NC1CCN(c2ccccc2OC)C1. The van der Waals surface area contributed by atoms with Crippen LogP contribution >= 0.6 is 0 Å². The van der Waals surface area contributed by atoms with E-state index in [1.807, 2.05) is 12.1 Å². The van der Waals surface area contributed by atoms with Gasteiger partial charge in [-0.3, -0.25) is 4.99 Å². The lowest BCUT2D eigenvalue weighted by atomic mass is 9.94. The summed E-state index contributed by atoms with van der Waals surface area (Å²) in [6.45, 7) is 8.40. The molecule has 0 spiro atoms. The number of nitrogens with zero attached hydrogens (tertiary/aromatic N) is 3. The number of piperidine rings is 1. The van der Waals surface area contributed by atoms with Gasteiger partial charge in [-0.1, -0.05) is 12.1 Å². The van der Waals surface area contributed by atoms with Crippen molar-refractivity contribution in [1.29, 1.82) is 0 Å². The van der Waals surface area contributed by atoms with Crippen molar-refractivity contribution in [1.82, 2.24) is 15.5 Å². The molecule has 1 unspecified atom stereocenters. The van der Waals surface area contributed by atoms with Gasteiger partial charge in [0.2, 0.25) is 0 Å². The number of hydrogen-bond donors (Lipinski definition) is 2. The third-order valence-corrected chi connectivity index (χ3v) is 5.94. The topological polar surface area (TPSA) is 52.1 Å². The molecule has 2 N–H and O–H groups in total. The normalized spacial score (nSPS) is 21.8. The molecule has 0 amide bonds. The average Bonchev–Trinajstić information content (AvgIpc) is 3.18. The van der Waals surface area contributed by atoms with Crippen LogP contribution in [0.1, 0.15) is 32.6 Å². The van der Waals surface area contributed by atoms with E-state index in [2.05, 4.69) is 46.5 Å². The van der Waals surface area contributed by atoms with Crippen molar-refractivity contribution in [3.8, 4) is 5.75 Å². The molecule has 1 aromatic rings. The summed E-state index contributed by atoms with van der Waals surface area (Å²) in [4.78, 5) is 9.69. The molecule has 0 saturated carbocycles. The van der Waals surface area contributed by atoms with E-state index in [1.165, 1.54) is 38.0 Å². The minimum absolute atomic E-state index is 0.408. The smallest absolute Gasteiger partial charge is 0.191 e. The highest BCUT2D eigenvalue weighted by Gasteiger charge is 2.25. The summed E-state index contributed by atoms with van der Waals surface area (Å²) < 4.78 is 5.53.